The average Bonchev–Trinajstić information content (AvgIpc) is 2.64. The zero-order chi connectivity index (χ0) is 18.1. The Morgan fingerprint density at radius 2 is 2.08 bits per heavy atom. The van der Waals surface area contributed by atoms with Gasteiger partial charge in [0.1, 0.15) is 0 Å². The molecule has 1 heterocycles. The normalized spacial score (nSPS) is 14.9. The topological polar surface area (TPSA) is 87.9 Å². The molecule has 138 valence electrons. The second-order valence-corrected chi connectivity index (χ2v) is 6.25. The van der Waals surface area contributed by atoms with Gasteiger partial charge >= 0.3 is 0 Å². The molecule has 1 aliphatic rings. The third-order valence-corrected chi connectivity index (χ3v) is 4.48. The van der Waals surface area contributed by atoms with Crippen LogP contribution in [0.4, 0.5) is 11.4 Å². The number of nitrogens with one attached hydrogen (secondary N) is 1. The summed E-state index contributed by atoms with van der Waals surface area (Å²) >= 11 is 0. The molecule has 1 fully saturated rings. The number of carbonyl (C=O) groups excluding carboxylic acids is 2. The smallest absolute Gasteiger partial charge is 0.256 e. The summed E-state index contributed by atoms with van der Waals surface area (Å²) in [6.45, 7) is 4.60. The Morgan fingerprint density at radius 1 is 1.32 bits per heavy atom. The highest BCUT2D eigenvalue weighted by Gasteiger charge is 2.20. The van der Waals surface area contributed by atoms with Gasteiger partial charge in [0.25, 0.3) is 5.91 Å². The van der Waals surface area contributed by atoms with Gasteiger partial charge in [0.15, 0.2) is 0 Å². The van der Waals surface area contributed by atoms with Gasteiger partial charge in [-0.3, -0.25) is 9.59 Å². The average molecular weight is 348 g/mol. The summed E-state index contributed by atoms with van der Waals surface area (Å²) in [5.41, 5.74) is 7.19. The van der Waals surface area contributed by atoms with Crippen molar-refractivity contribution < 1.29 is 14.3 Å². The van der Waals surface area contributed by atoms with Crippen LogP contribution in [0.1, 0.15) is 29.6 Å². The van der Waals surface area contributed by atoms with E-state index >= 15 is 0 Å². The molecule has 3 N–H and O–H groups in total. The summed E-state index contributed by atoms with van der Waals surface area (Å²) in [6, 6.07) is 4.92. The Labute approximate surface area is 149 Å². The van der Waals surface area contributed by atoms with Gasteiger partial charge in [-0.2, -0.15) is 0 Å². The number of methoxy groups -OCH3 is 1. The number of ether oxygens (including phenoxy) is 1. The first kappa shape index (κ1) is 19.2. The molecule has 0 spiro atoms. The fourth-order valence-corrected chi connectivity index (χ4v) is 3.06. The summed E-state index contributed by atoms with van der Waals surface area (Å²) in [5, 5.41) is 2.58. The van der Waals surface area contributed by atoms with Crippen molar-refractivity contribution >= 4 is 23.7 Å². The van der Waals surface area contributed by atoms with E-state index in [1.807, 2.05) is 0 Å². The minimum atomic E-state index is -0.147. The van der Waals surface area contributed by atoms with Crippen molar-refractivity contribution in [1.82, 2.24) is 9.80 Å². The summed E-state index contributed by atoms with van der Waals surface area (Å²) in [6.07, 6.45) is 4.28. The Morgan fingerprint density at radius 3 is 2.76 bits per heavy atom. The van der Waals surface area contributed by atoms with Crippen LogP contribution in [0.2, 0.25) is 0 Å². The number of rotatable bonds is 9. The van der Waals surface area contributed by atoms with E-state index in [4.69, 9.17) is 10.5 Å². The number of nitrogens with two attached hydrogens (primary N) is 1. The molecule has 1 saturated heterocycles. The predicted octanol–water partition coefficient (Wildman–Crippen LogP) is 1.41. The largest absolute Gasteiger partial charge is 0.399 e. The number of carbonyl (C=O) groups is 2. The van der Waals surface area contributed by atoms with Crippen molar-refractivity contribution in [3.05, 3.63) is 23.8 Å². The number of likely N-dealkylation sites (tertiary alicyclic amines) is 1. The van der Waals surface area contributed by atoms with E-state index in [1.54, 1.807) is 30.2 Å². The molecule has 7 nitrogen and oxygen atoms in total. The highest BCUT2D eigenvalue weighted by Crippen LogP contribution is 2.20. The molecule has 0 unspecified atom stereocenters. The van der Waals surface area contributed by atoms with Gasteiger partial charge in [-0.1, -0.05) is 6.42 Å². The monoisotopic (exact) mass is 348 g/mol. The molecular weight excluding hydrogens is 320 g/mol. The standard InChI is InChI=1S/C18H28N4O3/c1-25-12-11-22(10-9-21-7-3-2-4-8-21)18(24)16-13-15(19)5-6-17(16)20-14-23/h5-6,13-14H,2-4,7-12,19H2,1H3,(H,20,23). The van der Waals surface area contributed by atoms with Crippen LogP contribution in [-0.4, -0.2) is 68.6 Å². The fourth-order valence-electron chi connectivity index (χ4n) is 3.06. The minimum Gasteiger partial charge on any atom is -0.399 e. The first-order valence-corrected chi connectivity index (χ1v) is 8.76. The molecule has 7 heteroatoms. The van der Waals surface area contributed by atoms with E-state index in [9.17, 15) is 9.59 Å². The summed E-state index contributed by atoms with van der Waals surface area (Å²) in [7, 11) is 1.62. The van der Waals surface area contributed by atoms with Crippen LogP contribution >= 0.6 is 0 Å². The Hall–Kier alpha value is -2.12. The number of nitrogens with zero attached hydrogens (tertiary/aromatic N) is 2. The Balaban J connectivity index is 2.11. The third-order valence-electron chi connectivity index (χ3n) is 4.48. The zero-order valence-corrected chi connectivity index (χ0v) is 14.9. The van der Waals surface area contributed by atoms with Crippen molar-refractivity contribution in [3.63, 3.8) is 0 Å². The lowest BCUT2D eigenvalue weighted by molar-refractivity contribution is -0.105. The van der Waals surface area contributed by atoms with Crippen LogP contribution in [-0.2, 0) is 9.53 Å². The number of amides is 2. The van der Waals surface area contributed by atoms with Gasteiger partial charge < -0.3 is 25.6 Å². The van der Waals surface area contributed by atoms with Crippen LogP contribution in [0.15, 0.2) is 18.2 Å². The van der Waals surface area contributed by atoms with Crippen LogP contribution in [0.3, 0.4) is 0 Å². The Kier molecular flexibility index (Phi) is 7.69. The number of benzene rings is 1. The quantitative estimate of drug-likeness (QED) is 0.520. The van der Waals surface area contributed by atoms with Gasteiger partial charge in [-0.25, -0.2) is 0 Å². The lowest BCUT2D eigenvalue weighted by Crippen LogP contribution is -2.42. The van der Waals surface area contributed by atoms with Crippen LogP contribution in [0.5, 0.6) is 0 Å². The maximum Gasteiger partial charge on any atom is 0.256 e. The molecule has 0 aromatic heterocycles. The van der Waals surface area contributed by atoms with Crippen molar-refractivity contribution in [1.29, 1.82) is 0 Å². The number of hydrogen-bond donors (Lipinski definition) is 2. The number of anilines is 2. The van der Waals surface area contributed by atoms with E-state index in [-0.39, 0.29) is 5.91 Å². The van der Waals surface area contributed by atoms with E-state index in [0.29, 0.717) is 43.0 Å². The first-order valence-electron chi connectivity index (χ1n) is 8.76. The van der Waals surface area contributed by atoms with Crippen molar-refractivity contribution in [2.24, 2.45) is 0 Å². The fraction of sp³-hybridized carbons (Fsp3) is 0.556. The second kappa shape index (κ2) is 10.0. The lowest BCUT2D eigenvalue weighted by atomic mass is 10.1. The third kappa shape index (κ3) is 5.72. The predicted molar refractivity (Wildman–Crippen MR) is 98.6 cm³/mol. The number of nitrogen functional groups attached to an aromatic ring is 1. The highest BCUT2D eigenvalue weighted by atomic mass is 16.5. The minimum absolute atomic E-state index is 0.147. The molecule has 0 radical (unpaired) electrons. The lowest BCUT2D eigenvalue weighted by Gasteiger charge is -2.30. The SMILES string of the molecule is COCCN(CCN1CCCCC1)C(=O)c1cc(N)ccc1NC=O. The molecule has 0 aliphatic carbocycles. The molecule has 25 heavy (non-hydrogen) atoms. The van der Waals surface area contributed by atoms with Crippen LogP contribution in [0, 0.1) is 0 Å². The summed E-state index contributed by atoms with van der Waals surface area (Å²) in [5.74, 6) is -0.147. The maximum absolute atomic E-state index is 13.0. The Bertz CT molecular complexity index is 573. The molecule has 0 bridgehead atoms. The summed E-state index contributed by atoms with van der Waals surface area (Å²) < 4.78 is 5.15. The van der Waals surface area contributed by atoms with Crippen molar-refractivity contribution in [2.45, 2.75) is 19.3 Å². The van der Waals surface area contributed by atoms with Crippen molar-refractivity contribution in [3.8, 4) is 0 Å². The van der Waals surface area contributed by atoms with Gasteiger partial charge in [-0.05, 0) is 44.1 Å². The van der Waals surface area contributed by atoms with E-state index < -0.39 is 0 Å². The summed E-state index contributed by atoms with van der Waals surface area (Å²) in [4.78, 5) is 28.0. The molecule has 1 aromatic carbocycles. The molecule has 1 aliphatic heterocycles. The van der Waals surface area contributed by atoms with Crippen LogP contribution in [0.25, 0.3) is 0 Å². The molecule has 2 amide bonds. The van der Waals surface area contributed by atoms with Gasteiger partial charge in [0.05, 0.1) is 17.9 Å². The molecule has 1 aromatic rings. The second-order valence-electron chi connectivity index (χ2n) is 6.25. The zero-order valence-electron chi connectivity index (χ0n) is 14.9. The van der Waals surface area contributed by atoms with Gasteiger partial charge in [0, 0.05) is 32.4 Å². The molecular formula is C18H28N4O3. The maximum atomic E-state index is 13.0. The molecule has 0 saturated carbocycles. The molecule has 0 atom stereocenters. The van der Waals surface area contributed by atoms with E-state index in [2.05, 4.69) is 10.2 Å². The van der Waals surface area contributed by atoms with Gasteiger partial charge in [0.2, 0.25) is 6.41 Å². The molecule has 2 rings (SSSR count). The van der Waals surface area contributed by atoms with Crippen LogP contribution < -0.4 is 11.1 Å². The number of hydrogen-bond acceptors (Lipinski definition) is 5. The highest BCUT2D eigenvalue weighted by molar-refractivity contribution is 6.02. The van der Waals surface area contributed by atoms with E-state index in [0.717, 1.165) is 19.6 Å². The van der Waals surface area contributed by atoms with Gasteiger partial charge in [-0.15, -0.1) is 0 Å². The number of piperidine rings is 1. The van der Waals surface area contributed by atoms with Crippen molar-refractivity contribution in [2.75, 3.05) is 57.5 Å². The van der Waals surface area contributed by atoms with E-state index in [1.165, 1.54) is 19.3 Å². The first-order chi connectivity index (χ1) is 12.2.